The molecule has 0 aliphatic rings. The summed E-state index contributed by atoms with van der Waals surface area (Å²) in [5.41, 5.74) is 0. The molecule has 0 bridgehead atoms. The second kappa shape index (κ2) is 76.4. The highest BCUT2D eigenvalue weighted by molar-refractivity contribution is 7.47. The average Bonchev–Trinajstić information content (AvgIpc) is 0.911. The van der Waals surface area contributed by atoms with Crippen molar-refractivity contribution >= 4 is 39.5 Å². The number of hydrogen-bond donors (Lipinski definition) is 3. The first-order chi connectivity index (χ1) is 50.4. The van der Waals surface area contributed by atoms with E-state index in [1.54, 1.807) is 0 Å². The van der Waals surface area contributed by atoms with Gasteiger partial charge in [-0.15, -0.1) is 0 Å². The van der Waals surface area contributed by atoms with Crippen molar-refractivity contribution in [3.05, 3.63) is 0 Å². The molecule has 0 amide bonds. The smallest absolute Gasteiger partial charge is 0.462 e. The van der Waals surface area contributed by atoms with Crippen LogP contribution in [0.15, 0.2) is 0 Å². The van der Waals surface area contributed by atoms with Gasteiger partial charge in [-0.3, -0.25) is 37.3 Å². The highest BCUT2D eigenvalue weighted by Gasteiger charge is 2.30. The Morgan fingerprint density at radius 1 is 0.260 bits per heavy atom. The minimum Gasteiger partial charge on any atom is -0.462 e. The van der Waals surface area contributed by atoms with Crippen LogP contribution < -0.4 is 0 Å². The zero-order valence-electron chi connectivity index (χ0n) is 68.3. The maximum absolute atomic E-state index is 13.1. The van der Waals surface area contributed by atoms with Gasteiger partial charge in [0.1, 0.15) is 19.3 Å². The molecule has 0 heterocycles. The van der Waals surface area contributed by atoms with E-state index in [-0.39, 0.29) is 25.7 Å². The maximum Gasteiger partial charge on any atom is 0.472 e. The van der Waals surface area contributed by atoms with E-state index in [1.165, 1.54) is 270 Å². The highest BCUT2D eigenvalue weighted by Crippen LogP contribution is 2.45. The van der Waals surface area contributed by atoms with E-state index in [9.17, 15) is 43.2 Å². The summed E-state index contributed by atoms with van der Waals surface area (Å²) >= 11 is 0. The molecule has 0 saturated carbocycles. The van der Waals surface area contributed by atoms with E-state index in [0.717, 1.165) is 102 Å². The molecule has 3 N–H and O–H groups in total. The third-order valence-electron chi connectivity index (χ3n) is 20.0. The third-order valence-corrected chi connectivity index (χ3v) is 21.9. The quantitative estimate of drug-likeness (QED) is 0.0222. The first kappa shape index (κ1) is 102. The topological polar surface area (TPSA) is 237 Å². The number of ether oxygens (including phenoxy) is 4. The Balaban J connectivity index is 5.26. The van der Waals surface area contributed by atoms with Crippen molar-refractivity contribution in [2.75, 3.05) is 39.6 Å². The van der Waals surface area contributed by atoms with Crippen molar-refractivity contribution in [3.63, 3.8) is 0 Å². The number of aliphatic hydroxyl groups excluding tert-OH is 1. The Bertz CT molecular complexity index is 1990. The van der Waals surface area contributed by atoms with E-state index in [4.69, 9.17) is 37.0 Å². The molecule has 0 saturated heterocycles. The van der Waals surface area contributed by atoms with Crippen molar-refractivity contribution in [1.29, 1.82) is 0 Å². The molecule has 2 unspecified atom stereocenters. The maximum atomic E-state index is 13.1. The molecule has 0 fully saturated rings. The molecule has 0 aromatic heterocycles. The Morgan fingerprint density at radius 2 is 0.442 bits per heavy atom. The fourth-order valence-electron chi connectivity index (χ4n) is 13.2. The lowest BCUT2D eigenvalue weighted by atomic mass is 10.0. The number of unbranched alkanes of at least 4 members (excludes halogenated alkanes) is 54. The Hall–Kier alpha value is -1.94. The number of phosphoric acid groups is 2. The summed E-state index contributed by atoms with van der Waals surface area (Å²) in [4.78, 5) is 73.2. The van der Waals surface area contributed by atoms with E-state index in [1.807, 2.05) is 0 Å². The SMILES string of the molecule is CCCCCCCCCCCCCCCCCCCCC(=O)OC[C@H](COP(=O)(O)OC[C@@H](O)COP(=O)(O)OC[C@@H](COC(=O)CCCCCCCCCCCC(C)C)OC(=O)CCCCCCCCCCCCCCCCCC)OC(=O)CCCCCCCCCCCCCCCCCC(C)C. The zero-order chi connectivity index (χ0) is 76.4. The minimum atomic E-state index is -4.97. The molecule has 0 aliphatic carbocycles. The summed E-state index contributed by atoms with van der Waals surface area (Å²) in [6, 6.07) is 0. The van der Waals surface area contributed by atoms with Crippen molar-refractivity contribution < 1.29 is 80.2 Å². The van der Waals surface area contributed by atoms with Gasteiger partial charge in [0, 0.05) is 25.7 Å². The molecule has 0 spiro atoms. The largest absolute Gasteiger partial charge is 0.472 e. The Morgan fingerprint density at radius 3 is 0.654 bits per heavy atom. The zero-order valence-corrected chi connectivity index (χ0v) is 70.1. The van der Waals surface area contributed by atoms with Crippen LogP contribution in [0.1, 0.15) is 452 Å². The number of hydrogen-bond acceptors (Lipinski definition) is 15. The van der Waals surface area contributed by atoms with Crippen LogP contribution >= 0.6 is 15.6 Å². The van der Waals surface area contributed by atoms with E-state index in [2.05, 4.69) is 41.5 Å². The van der Waals surface area contributed by atoms with Crippen LogP contribution in [0.2, 0.25) is 0 Å². The lowest BCUT2D eigenvalue weighted by Crippen LogP contribution is -2.30. The van der Waals surface area contributed by atoms with E-state index in [0.29, 0.717) is 25.7 Å². The molecule has 104 heavy (non-hydrogen) atoms. The van der Waals surface area contributed by atoms with Gasteiger partial charge in [-0.25, -0.2) is 9.13 Å². The first-order valence-corrected chi connectivity index (χ1v) is 47.0. The number of carbonyl (C=O) groups is 4. The molecule has 17 nitrogen and oxygen atoms in total. The van der Waals surface area contributed by atoms with Gasteiger partial charge in [0.2, 0.25) is 0 Å². The monoisotopic (exact) mass is 1520 g/mol. The number of rotatable bonds is 84. The van der Waals surface area contributed by atoms with Gasteiger partial charge in [-0.05, 0) is 37.5 Å². The predicted molar refractivity (Wildman–Crippen MR) is 428 cm³/mol. The second-order valence-electron chi connectivity index (χ2n) is 31.5. The van der Waals surface area contributed by atoms with Gasteiger partial charge in [0.25, 0.3) is 0 Å². The van der Waals surface area contributed by atoms with Crippen LogP contribution in [0.4, 0.5) is 0 Å². The Kier molecular flexibility index (Phi) is 75.0. The summed E-state index contributed by atoms with van der Waals surface area (Å²) in [6.07, 6.45) is 67.9. The first-order valence-electron chi connectivity index (χ1n) is 44.0. The minimum absolute atomic E-state index is 0.108. The van der Waals surface area contributed by atoms with Crippen LogP contribution in [0.3, 0.4) is 0 Å². The van der Waals surface area contributed by atoms with Crippen LogP contribution in [0.5, 0.6) is 0 Å². The fraction of sp³-hybridized carbons (Fsp3) is 0.953. The van der Waals surface area contributed by atoms with E-state index >= 15 is 0 Å². The molecular weight excluding hydrogens is 1350 g/mol. The normalized spacial score (nSPS) is 13.8. The van der Waals surface area contributed by atoms with Gasteiger partial charge in [-0.1, -0.05) is 401 Å². The lowest BCUT2D eigenvalue weighted by Gasteiger charge is -2.21. The van der Waals surface area contributed by atoms with Gasteiger partial charge < -0.3 is 33.8 Å². The van der Waals surface area contributed by atoms with Crippen LogP contribution in [-0.2, 0) is 65.4 Å². The molecule has 0 radical (unpaired) electrons. The van der Waals surface area contributed by atoms with Crippen LogP contribution in [-0.4, -0.2) is 96.7 Å². The van der Waals surface area contributed by atoms with Crippen LogP contribution in [0.25, 0.3) is 0 Å². The summed E-state index contributed by atoms with van der Waals surface area (Å²) < 4.78 is 68.9. The standard InChI is InChI=1S/C85H166O17P2/c1-7-9-11-13-15-17-19-21-23-25-26-30-33-37-43-49-55-61-67-82(87)95-73-80(101-84(89)70-64-58-52-45-39-35-31-27-28-32-36-41-47-53-59-65-77(3)4)75-99-103(91,92)97-71-79(86)72-98-104(93,94)100-76-81(74-96-83(88)68-62-56-50-46-40-42-48-54-60-66-78(5)6)102-85(90)69-63-57-51-44-38-34-29-24-22-20-18-16-14-12-10-8-2/h77-81,86H,7-76H2,1-6H3,(H,91,92)(H,93,94)/t79-,80-,81-/m1/s1. The molecule has 0 rings (SSSR count). The number of phosphoric ester groups is 2. The third kappa shape index (κ3) is 78.2. The summed E-state index contributed by atoms with van der Waals surface area (Å²) in [6.45, 7) is 9.68. The van der Waals surface area contributed by atoms with Gasteiger partial charge >= 0.3 is 39.5 Å². The van der Waals surface area contributed by atoms with Crippen molar-refractivity contribution in [1.82, 2.24) is 0 Å². The van der Waals surface area contributed by atoms with Crippen molar-refractivity contribution in [2.24, 2.45) is 11.8 Å². The van der Waals surface area contributed by atoms with Gasteiger partial charge in [0.15, 0.2) is 12.2 Å². The lowest BCUT2D eigenvalue weighted by molar-refractivity contribution is -0.161. The highest BCUT2D eigenvalue weighted by atomic mass is 31.2. The average molecular weight is 1520 g/mol. The van der Waals surface area contributed by atoms with Crippen molar-refractivity contribution in [2.45, 2.75) is 471 Å². The van der Waals surface area contributed by atoms with Crippen molar-refractivity contribution in [3.8, 4) is 0 Å². The summed E-state index contributed by atoms with van der Waals surface area (Å²) in [5, 5.41) is 10.7. The van der Waals surface area contributed by atoms with Crippen LogP contribution in [0, 0.1) is 11.8 Å². The Labute approximate surface area is 638 Å². The fourth-order valence-corrected chi connectivity index (χ4v) is 14.8. The number of aliphatic hydroxyl groups is 1. The molecule has 19 heteroatoms. The molecule has 618 valence electrons. The number of carbonyl (C=O) groups excluding carboxylic acids is 4. The number of esters is 4. The summed E-state index contributed by atoms with van der Waals surface area (Å²) in [5.74, 6) is -0.555. The molecular formula is C85H166O17P2. The van der Waals surface area contributed by atoms with E-state index < -0.39 is 97.5 Å². The second-order valence-corrected chi connectivity index (χ2v) is 34.4. The molecule has 0 aromatic rings. The van der Waals surface area contributed by atoms with Gasteiger partial charge in [-0.2, -0.15) is 0 Å². The molecule has 5 atom stereocenters. The predicted octanol–water partition coefficient (Wildman–Crippen LogP) is 25.8. The molecule has 0 aliphatic heterocycles. The van der Waals surface area contributed by atoms with Gasteiger partial charge in [0.05, 0.1) is 26.4 Å². The summed E-state index contributed by atoms with van der Waals surface area (Å²) in [7, 11) is -9.93. The molecule has 0 aromatic carbocycles.